The summed E-state index contributed by atoms with van der Waals surface area (Å²) in [5.74, 6) is -1.57. The van der Waals surface area contributed by atoms with Gasteiger partial charge in [0.05, 0.1) is 0 Å². The maximum Gasteiger partial charge on any atom is 0.296 e. The SMILES string of the molecule is Cc1cc(F)ccc1CC(=O)C(F)F. The molecule has 0 radical (unpaired) electrons. The third kappa shape index (κ3) is 2.58. The lowest BCUT2D eigenvalue weighted by atomic mass is 10.0. The second-order valence-electron chi connectivity index (χ2n) is 3.01. The summed E-state index contributed by atoms with van der Waals surface area (Å²) in [6.07, 6.45) is -3.30. The van der Waals surface area contributed by atoms with Gasteiger partial charge in [-0.05, 0) is 30.2 Å². The minimum Gasteiger partial charge on any atom is -0.293 e. The van der Waals surface area contributed by atoms with Crippen molar-refractivity contribution in [2.45, 2.75) is 19.8 Å². The molecule has 0 fully saturated rings. The molecule has 1 rings (SSSR count). The molecule has 1 aromatic carbocycles. The highest BCUT2D eigenvalue weighted by Crippen LogP contribution is 2.12. The zero-order valence-corrected chi connectivity index (χ0v) is 7.56. The van der Waals surface area contributed by atoms with Gasteiger partial charge < -0.3 is 0 Å². The first-order valence-corrected chi connectivity index (χ1v) is 4.06. The number of ketones is 1. The van der Waals surface area contributed by atoms with E-state index in [1.165, 1.54) is 12.1 Å². The Balaban J connectivity index is 2.82. The van der Waals surface area contributed by atoms with E-state index < -0.39 is 18.0 Å². The molecule has 14 heavy (non-hydrogen) atoms. The van der Waals surface area contributed by atoms with Gasteiger partial charge in [0.25, 0.3) is 6.43 Å². The molecule has 0 aromatic heterocycles. The molecule has 0 N–H and O–H groups in total. The standard InChI is InChI=1S/C10H9F3O/c1-6-4-8(11)3-2-7(6)5-9(14)10(12)13/h2-4,10H,5H2,1H3. The van der Waals surface area contributed by atoms with Crippen LogP contribution in [0.1, 0.15) is 11.1 Å². The number of benzene rings is 1. The first-order chi connectivity index (χ1) is 6.50. The maximum absolute atomic E-state index is 12.6. The zero-order chi connectivity index (χ0) is 10.7. The smallest absolute Gasteiger partial charge is 0.293 e. The predicted octanol–water partition coefficient (Wildman–Crippen LogP) is 2.51. The average molecular weight is 202 g/mol. The van der Waals surface area contributed by atoms with Crippen LogP contribution in [0.2, 0.25) is 0 Å². The number of hydrogen-bond acceptors (Lipinski definition) is 1. The van der Waals surface area contributed by atoms with Crippen LogP contribution in [0.4, 0.5) is 13.2 Å². The summed E-state index contributed by atoms with van der Waals surface area (Å²) in [5, 5.41) is 0. The minimum absolute atomic E-state index is 0.343. The van der Waals surface area contributed by atoms with Crippen molar-refractivity contribution < 1.29 is 18.0 Å². The molecule has 0 aliphatic carbocycles. The Labute approximate surface area is 79.5 Å². The van der Waals surface area contributed by atoms with Crippen LogP contribution >= 0.6 is 0 Å². The van der Waals surface area contributed by atoms with Crippen LogP contribution in [0.25, 0.3) is 0 Å². The predicted molar refractivity (Wildman–Crippen MR) is 45.9 cm³/mol. The second-order valence-corrected chi connectivity index (χ2v) is 3.01. The molecule has 0 spiro atoms. The maximum atomic E-state index is 12.6. The number of hydrogen-bond donors (Lipinski definition) is 0. The molecule has 0 saturated heterocycles. The van der Waals surface area contributed by atoms with E-state index in [2.05, 4.69) is 0 Å². The summed E-state index contributed by atoms with van der Waals surface area (Å²) < 4.78 is 36.4. The van der Waals surface area contributed by atoms with E-state index in [0.717, 1.165) is 6.07 Å². The largest absolute Gasteiger partial charge is 0.296 e. The van der Waals surface area contributed by atoms with Gasteiger partial charge in [0.2, 0.25) is 5.78 Å². The van der Waals surface area contributed by atoms with Gasteiger partial charge in [0.1, 0.15) is 5.82 Å². The van der Waals surface area contributed by atoms with Gasteiger partial charge >= 0.3 is 0 Å². The number of carbonyl (C=O) groups excluding carboxylic acids is 1. The number of carbonyl (C=O) groups is 1. The molecule has 4 heteroatoms. The quantitative estimate of drug-likeness (QED) is 0.736. The molecule has 0 unspecified atom stereocenters. The highest BCUT2D eigenvalue weighted by atomic mass is 19.3. The molecule has 76 valence electrons. The van der Waals surface area contributed by atoms with Crippen LogP contribution in [0, 0.1) is 12.7 Å². The number of alkyl halides is 2. The lowest BCUT2D eigenvalue weighted by molar-refractivity contribution is -0.128. The topological polar surface area (TPSA) is 17.1 Å². The molecule has 0 saturated carbocycles. The van der Waals surface area contributed by atoms with Crippen molar-refractivity contribution in [2.24, 2.45) is 0 Å². The lowest BCUT2D eigenvalue weighted by Gasteiger charge is -2.04. The number of rotatable bonds is 3. The Morgan fingerprint density at radius 1 is 1.43 bits per heavy atom. The van der Waals surface area contributed by atoms with E-state index >= 15 is 0 Å². The van der Waals surface area contributed by atoms with E-state index in [-0.39, 0.29) is 6.42 Å². The van der Waals surface area contributed by atoms with Gasteiger partial charge in [0, 0.05) is 6.42 Å². The third-order valence-corrected chi connectivity index (χ3v) is 1.91. The molecule has 0 bridgehead atoms. The molecular formula is C10H9F3O. The highest BCUT2D eigenvalue weighted by molar-refractivity contribution is 5.84. The molecule has 0 heterocycles. The molecule has 0 aliphatic heterocycles. The van der Waals surface area contributed by atoms with E-state index in [9.17, 15) is 18.0 Å². The summed E-state index contributed by atoms with van der Waals surface area (Å²) in [6.45, 7) is 1.58. The van der Waals surface area contributed by atoms with Gasteiger partial charge in [-0.15, -0.1) is 0 Å². The van der Waals surface area contributed by atoms with Gasteiger partial charge in [-0.3, -0.25) is 4.79 Å². The lowest BCUT2D eigenvalue weighted by Crippen LogP contribution is -2.13. The van der Waals surface area contributed by atoms with Gasteiger partial charge in [-0.1, -0.05) is 6.07 Å². The zero-order valence-electron chi connectivity index (χ0n) is 7.56. The van der Waals surface area contributed by atoms with E-state index in [4.69, 9.17) is 0 Å². The summed E-state index contributed by atoms with van der Waals surface area (Å²) >= 11 is 0. The molecule has 0 aliphatic rings. The molecule has 0 amide bonds. The van der Waals surface area contributed by atoms with Crippen LogP contribution < -0.4 is 0 Å². The van der Waals surface area contributed by atoms with Crippen LogP contribution in [-0.4, -0.2) is 12.2 Å². The van der Waals surface area contributed by atoms with Crippen molar-refractivity contribution in [3.63, 3.8) is 0 Å². The fourth-order valence-electron chi connectivity index (χ4n) is 1.12. The van der Waals surface area contributed by atoms with E-state index in [1.54, 1.807) is 6.92 Å². The van der Waals surface area contributed by atoms with Crippen LogP contribution in [0.15, 0.2) is 18.2 Å². The van der Waals surface area contributed by atoms with Crippen molar-refractivity contribution in [3.05, 3.63) is 35.1 Å². The summed E-state index contributed by atoms with van der Waals surface area (Å²) in [4.78, 5) is 10.7. The molecular weight excluding hydrogens is 193 g/mol. The first-order valence-electron chi connectivity index (χ1n) is 4.06. The highest BCUT2D eigenvalue weighted by Gasteiger charge is 2.16. The second kappa shape index (κ2) is 4.26. The van der Waals surface area contributed by atoms with Crippen molar-refractivity contribution in [1.82, 2.24) is 0 Å². The monoisotopic (exact) mass is 202 g/mol. The van der Waals surface area contributed by atoms with Crippen molar-refractivity contribution in [3.8, 4) is 0 Å². The van der Waals surface area contributed by atoms with Crippen molar-refractivity contribution >= 4 is 5.78 Å². The Morgan fingerprint density at radius 2 is 2.07 bits per heavy atom. The van der Waals surface area contributed by atoms with Crippen molar-refractivity contribution in [1.29, 1.82) is 0 Å². The van der Waals surface area contributed by atoms with Gasteiger partial charge in [-0.25, -0.2) is 13.2 Å². The molecule has 1 aromatic rings. The summed E-state index contributed by atoms with van der Waals surface area (Å²) in [7, 11) is 0. The Bertz CT molecular complexity index is 347. The van der Waals surface area contributed by atoms with Crippen LogP contribution in [-0.2, 0) is 11.2 Å². The van der Waals surface area contributed by atoms with E-state index in [0.29, 0.717) is 11.1 Å². The first kappa shape index (κ1) is 10.8. The van der Waals surface area contributed by atoms with Crippen LogP contribution in [0.5, 0.6) is 0 Å². The molecule has 1 nitrogen and oxygen atoms in total. The fourth-order valence-corrected chi connectivity index (χ4v) is 1.12. The Morgan fingerprint density at radius 3 is 2.57 bits per heavy atom. The minimum atomic E-state index is -2.96. The summed E-state index contributed by atoms with van der Waals surface area (Å²) in [5.41, 5.74) is 0.954. The van der Waals surface area contributed by atoms with Crippen LogP contribution in [0.3, 0.4) is 0 Å². The normalized spacial score (nSPS) is 10.6. The number of Topliss-reactive ketones (excluding diaryl/α,β-unsaturated/α-hetero) is 1. The molecule has 0 atom stereocenters. The Kier molecular flexibility index (Phi) is 3.28. The Hall–Kier alpha value is -1.32. The average Bonchev–Trinajstić information content (AvgIpc) is 2.09. The van der Waals surface area contributed by atoms with Crippen molar-refractivity contribution in [2.75, 3.05) is 0 Å². The third-order valence-electron chi connectivity index (χ3n) is 1.91. The number of aryl methyl sites for hydroxylation is 1. The summed E-state index contributed by atoms with van der Waals surface area (Å²) in [6, 6.07) is 3.72. The van der Waals surface area contributed by atoms with E-state index in [1.807, 2.05) is 0 Å². The van der Waals surface area contributed by atoms with Gasteiger partial charge in [-0.2, -0.15) is 0 Å². The van der Waals surface area contributed by atoms with Gasteiger partial charge in [0.15, 0.2) is 0 Å². The fraction of sp³-hybridized carbons (Fsp3) is 0.300. The number of halogens is 3.